The molecule has 0 aromatic heterocycles. The summed E-state index contributed by atoms with van der Waals surface area (Å²) in [4.78, 5) is 16.1. The van der Waals surface area contributed by atoms with E-state index in [0.29, 0.717) is 6.54 Å². The van der Waals surface area contributed by atoms with Gasteiger partial charge in [0.2, 0.25) is 0 Å². The number of benzene rings is 1. The van der Waals surface area contributed by atoms with Gasteiger partial charge in [-0.25, -0.2) is 4.79 Å². The van der Waals surface area contributed by atoms with Gasteiger partial charge in [0.15, 0.2) is 0 Å². The number of hydrogen-bond donors (Lipinski definition) is 1. The molecule has 1 aliphatic rings. The van der Waals surface area contributed by atoms with Crippen LogP contribution < -0.4 is 5.32 Å². The number of urea groups is 1. The number of likely N-dealkylation sites (N-methyl/N-ethyl adjacent to an activating group) is 1. The van der Waals surface area contributed by atoms with Crippen LogP contribution in [0.1, 0.15) is 5.56 Å². The third-order valence-electron chi connectivity index (χ3n) is 3.12. The lowest BCUT2D eigenvalue weighted by atomic mass is 10.2. The molecule has 5 heteroatoms. The maximum absolute atomic E-state index is 11.9. The summed E-state index contributed by atoms with van der Waals surface area (Å²) < 4.78 is 1.04. The summed E-state index contributed by atoms with van der Waals surface area (Å²) >= 11 is 3.42. The monoisotopic (exact) mass is 311 g/mol. The van der Waals surface area contributed by atoms with E-state index in [1.54, 1.807) is 0 Å². The van der Waals surface area contributed by atoms with Gasteiger partial charge in [0.25, 0.3) is 0 Å². The molecule has 18 heavy (non-hydrogen) atoms. The second-order valence-electron chi connectivity index (χ2n) is 4.58. The Morgan fingerprint density at radius 2 is 2.06 bits per heavy atom. The van der Waals surface area contributed by atoms with E-state index in [0.717, 1.165) is 36.2 Å². The highest BCUT2D eigenvalue weighted by molar-refractivity contribution is 9.10. The molecule has 1 aromatic rings. The van der Waals surface area contributed by atoms with Crippen LogP contribution in [0.15, 0.2) is 28.7 Å². The lowest BCUT2D eigenvalue weighted by Crippen LogP contribution is -2.50. The van der Waals surface area contributed by atoms with Crippen molar-refractivity contribution in [3.8, 4) is 0 Å². The number of nitrogens with zero attached hydrogens (tertiary/aromatic N) is 2. The largest absolute Gasteiger partial charge is 0.334 e. The number of hydrogen-bond acceptors (Lipinski definition) is 2. The standard InChI is InChI=1S/C13H18BrN3O/c1-16-5-7-17(8-6-16)13(18)15-10-11-3-2-4-12(14)9-11/h2-4,9H,5-8,10H2,1H3,(H,15,18). The predicted molar refractivity (Wildman–Crippen MR) is 75.4 cm³/mol. The van der Waals surface area contributed by atoms with Crippen molar-refractivity contribution in [2.75, 3.05) is 33.2 Å². The summed E-state index contributed by atoms with van der Waals surface area (Å²) in [6.45, 7) is 4.08. The Labute approximate surface area is 116 Å². The van der Waals surface area contributed by atoms with Gasteiger partial charge in [-0.3, -0.25) is 0 Å². The zero-order chi connectivity index (χ0) is 13.0. The molecular weight excluding hydrogens is 294 g/mol. The molecule has 98 valence electrons. The summed E-state index contributed by atoms with van der Waals surface area (Å²) in [5.74, 6) is 0. The molecule has 1 heterocycles. The number of amides is 2. The van der Waals surface area contributed by atoms with Gasteiger partial charge < -0.3 is 15.1 Å². The first-order chi connectivity index (χ1) is 8.65. The van der Waals surface area contributed by atoms with Crippen LogP contribution in [0.5, 0.6) is 0 Å². The molecule has 0 aliphatic carbocycles. The molecule has 0 bridgehead atoms. The van der Waals surface area contributed by atoms with Crippen molar-refractivity contribution in [2.24, 2.45) is 0 Å². The van der Waals surface area contributed by atoms with Crippen LogP contribution in [0.3, 0.4) is 0 Å². The highest BCUT2D eigenvalue weighted by Gasteiger charge is 2.18. The summed E-state index contributed by atoms with van der Waals surface area (Å²) in [6, 6.07) is 8.01. The fraction of sp³-hybridized carbons (Fsp3) is 0.462. The Balaban J connectivity index is 1.81. The molecule has 2 amide bonds. The zero-order valence-electron chi connectivity index (χ0n) is 10.5. The highest BCUT2D eigenvalue weighted by Crippen LogP contribution is 2.11. The van der Waals surface area contributed by atoms with Crippen molar-refractivity contribution < 1.29 is 4.79 Å². The molecule has 0 atom stereocenters. The van der Waals surface area contributed by atoms with Crippen molar-refractivity contribution in [3.63, 3.8) is 0 Å². The second kappa shape index (κ2) is 6.20. The first-order valence-electron chi connectivity index (χ1n) is 6.11. The molecule has 0 spiro atoms. The third-order valence-corrected chi connectivity index (χ3v) is 3.62. The molecule has 1 aromatic carbocycles. The average Bonchev–Trinajstić information content (AvgIpc) is 2.37. The lowest BCUT2D eigenvalue weighted by Gasteiger charge is -2.32. The number of nitrogens with one attached hydrogen (secondary N) is 1. The van der Waals surface area contributed by atoms with E-state index in [1.807, 2.05) is 29.2 Å². The third kappa shape index (κ3) is 3.71. The smallest absolute Gasteiger partial charge is 0.317 e. The number of piperazine rings is 1. The fourth-order valence-corrected chi connectivity index (χ4v) is 2.39. The normalized spacial score (nSPS) is 16.7. The van der Waals surface area contributed by atoms with E-state index in [2.05, 4.69) is 33.2 Å². The minimum atomic E-state index is 0.0306. The number of rotatable bonds is 2. The predicted octanol–water partition coefficient (Wildman–Crippen LogP) is 1.91. The summed E-state index contributed by atoms with van der Waals surface area (Å²) in [5, 5.41) is 2.96. The molecule has 1 N–H and O–H groups in total. The van der Waals surface area contributed by atoms with E-state index < -0.39 is 0 Å². The van der Waals surface area contributed by atoms with E-state index in [-0.39, 0.29) is 6.03 Å². The van der Waals surface area contributed by atoms with E-state index in [1.165, 1.54) is 0 Å². The van der Waals surface area contributed by atoms with Crippen LogP contribution in [0.2, 0.25) is 0 Å². The van der Waals surface area contributed by atoms with Crippen LogP contribution in [0, 0.1) is 0 Å². The Kier molecular flexibility index (Phi) is 4.60. The first-order valence-corrected chi connectivity index (χ1v) is 6.90. The van der Waals surface area contributed by atoms with E-state index >= 15 is 0 Å². The first kappa shape index (κ1) is 13.4. The van der Waals surface area contributed by atoms with Crippen molar-refractivity contribution in [2.45, 2.75) is 6.54 Å². The highest BCUT2D eigenvalue weighted by atomic mass is 79.9. The topological polar surface area (TPSA) is 35.6 Å². The molecule has 2 rings (SSSR count). The van der Waals surface area contributed by atoms with Gasteiger partial charge in [-0.15, -0.1) is 0 Å². The van der Waals surface area contributed by atoms with Gasteiger partial charge in [0, 0.05) is 37.2 Å². The van der Waals surface area contributed by atoms with Gasteiger partial charge in [-0.1, -0.05) is 28.1 Å². The lowest BCUT2D eigenvalue weighted by molar-refractivity contribution is 0.154. The second-order valence-corrected chi connectivity index (χ2v) is 5.49. The van der Waals surface area contributed by atoms with Crippen LogP contribution in [0.4, 0.5) is 4.79 Å². The van der Waals surface area contributed by atoms with Gasteiger partial charge in [0.05, 0.1) is 0 Å². The SMILES string of the molecule is CN1CCN(C(=O)NCc2cccc(Br)c2)CC1. The number of carbonyl (C=O) groups is 1. The Morgan fingerprint density at radius 3 is 2.72 bits per heavy atom. The van der Waals surface area contributed by atoms with E-state index in [9.17, 15) is 4.79 Å². The minimum Gasteiger partial charge on any atom is -0.334 e. The fourth-order valence-electron chi connectivity index (χ4n) is 1.95. The van der Waals surface area contributed by atoms with Crippen LogP contribution in [-0.4, -0.2) is 49.1 Å². The Morgan fingerprint density at radius 1 is 1.33 bits per heavy atom. The van der Waals surface area contributed by atoms with Gasteiger partial charge in [0.1, 0.15) is 0 Å². The molecule has 1 fully saturated rings. The quantitative estimate of drug-likeness (QED) is 0.905. The molecule has 0 unspecified atom stereocenters. The molecule has 1 saturated heterocycles. The van der Waals surface area contributed by atoms with Crippen molar-refractivity contribution >= 4 is 22.0 Å². The molecular formula is C13H18BrN3O. The minimum absolute atomic E-state index is 0.0306. The van der Waals surface area contributed by atoms with Crippen molar-refractivity contribution in [3.05, 3.63) is 34.3 Å². The maximum Gasteiger partial charge on any atom is 0.317 e. The number of halogens is 1. The Bertz CT molecular complexity index is 416. The summed E-state index contributed by atoms with van der Waals surface area (Å²) in [6.07, 6.45) is 0. The van der Waals surface area contributed by atoms with Crippen LogP contribution >= 0.6 is 15.9 Å². The van der Waals surface area contributed by atoms with Gasteiger partial charge in [-0.2, -0.15) is 0 Å². The van der Waals surface area contributed by atoms with Crippen LogP contribution in [-0.2, 0) is 6.54 Å². The van der Waals surface area contributed by atoms with Crippen LogP contribution in [0.25, 0.3) is 0 Å². The zero-order valence-corrected chi connectivity index (χ0v) is 12.1. The summed E-state index contributed by atoms with van der Waals surface area (Å²) in [7, 11) is 2.08. The van der Waals surface area contributed by atoms with Crippen molar-refractivity contribution in [1.82, 2.24) is 15.1 Å². The molecule has 0 radical (unpaired) electrons. The van der Waals surface area contributed by atoms with Gasteiger partial charge >= 0.3 is 6.03 Å². The number of carbonyl (C=O) groups excluding carboxylic acids is 1. The maximum atomic E-state index is 11.9. The Hall–Kier alpha value is -1.07. The summed E-state index contributed by atoms with van der Waals surface area (Å²) in [5.41, 5.74) is 1.10. The molecule has 0 saturated carbocycles. The van der Waals surface area contributed by atoms with Crippen molar-refractivity contribution in [1.29, 1.82) is 0 Å². The van der Waals surface area contributed by atoms with Gasteiger partial charge in [-0.05, 0) is 24.7 Å². The average molecular weight is 312 g/mol. The molecule has 4 nitrogen and oxygen atoms in total. The molecule has 1 aliphatic heterocycles. The van der Waals surface area contributed by atoms with E-state index in [4.69, 9.17) is 0 Å².